The normalized spacial score (nSPS) is 15.8. The second-order valence-corrected chi connectivity index (χ2v) is 7.31. The number of benzene rings is 1. The lowest BCUT2D eigenvalue weighted by Gasteiger charge is -2.17. The lowest BCUT2D eigenvalue weighted by Crippen LogP contribution is -2.19. The predicted octanol–water partition coefficient (Wildman–Crippen LogP) is 4.98. The molecule has 3 rings (SSSR count). The van der Waals surface area contributed by atoms with E-state index in [4.69, 9.17) is 0 Å². The molecule has 0 spiro atoms. The number of nitrogens with one attached hydrogen (secondary N) is 1. The topological polar surface area (TPSA) is 12.0 Å². The Labute approximate surface area is 135 Å². The van der Waals surface area contributed by atoms with Gasteiger partial charge in [0.15, 0.2) is 0 Å². The number of halogens is 3. The van der Waals surface area contributed by atoms with Gasteiger partial charge in [-0.05, 0) is 72.4 Å². The SMILES string of the molecule is CNC(c1cc2c(s1)CCCC2)c1c(F)ccc(Br)c1F. The zero-order valence-corrected chi connectivity index (χ0v) is 14.1. The highest BCUT2D eigenvalue weighted by molar-refractivity contribution is 9.10. The van der Waals surface area contributed by atoms with Crippen LogP contribution in [-0.4, -0.2) is 7.05 Å². The van der Waals surface area contributed by atoms with Crippen LogP contribution >= 0.6 is 27.3 Å². The van der Waals surface area contributed by atoms with Crippen molar-refractivity contribution in [3.63, 3.8) is 0 Å². The van der Waals surface area contributed by atoms with Crippen LogP contribution in [0, 0.1) is 11.6 Å². The van der Waals surface area contributed by atoms with Crippen molar-refractivity contribution < 1.29 is 8.78 Å². The van der Waals surface area contributed by atoms with Crippen molar-refractivity contribution in [2.75, 3.05) is 7.05 Å². The summed E-state index contributed by atoms with van der Waals surface area (Å²) in [5.74, 6) is -1.04. The summed E-state index contributed by atoms with van der Waals surface area (Å²) in [4.78, 5) is 2.35. The van der Waals surface area contributed by atoms with Gasteiger partial charge in [-0.1, -0.05) is 0 Å². The molecule has 0 aliphatic heterocycles. The number of hydrogen-bond acceptors (Lipinski definition) is 2. The second kappa shape index (κ2) is 6.15. The molecule has 1 aliphatic carbocycles. The van der Waals surface area contributed by atoms with E-state index in [9.17, 15) is 8.78 Å². The van der Waals surface area contributed by atoms with Crippen molar-refractivity contribution in [3.8, 4) is 0 Å². The summed E-state index contributed by atoms with van der Waals surface area (Å²) in [6.07, 6.45) is 4.56. The molecule has 112 valence electrons. The highest BCUT2D eigenvalue weighted by Crippen LogP contribution is 2.37. The zero-order chi connectivity index (χ0) is 15.0. The van der Waals surface area contributed by atoms with Crippen molar-refractivity contribution in [1.82, 2.24) is 5.32 Å². The van der Waals surface area contributed by atoms with E-state index in [2.05, 4.69) is 27.3 Å². The van der Waals surface area contributed by atoms with E-state index in [0.717, 1.165) is 17.7 Å². The van der Waals surface area contributed by atoms with E-state index in [1.807, 2.05) is 0 Å². The van der Waals surface area contributed by atoms with Gasteiger partial charge in [-0.15, -0.1) is 11.3 Å². The number of aryl methyl sites for hydroxylation is 2. The highest BCUT2D eigenvalue weighted by atomic mass is 79.9. The quantitative estimate of drug-likeness (QED) is 0.750. The van der Waals surface area contributed by atoms with Crippen molar-refractivity contribution >= 4 is 27.3 Å². The maximum atomic E-state index is 14.3. The molecule has 0 amide bonds. The van der Waals surface area contributed by atoms with Crippen LogP contribution in [0.2, 0.25) is 0 Å². The Bertz CT molecular complexity index is 645. The second-order valence-electron chi connectivity index (χ2n) is 5.28. The zero-order valence-electron chi connectivity index (χ0n) is 11.7. The minimum atomic E-state index is -0.527. The Balaban J connectivity index is 2.06. The first-order valence-corrected chi connectivity index (χ1v) is 8.65. The van der Waals surface area contributed by atoms with Gasteiger partial charge in [-0.2, -0.15) is 0 Å². The van der Waals surface area contributed by atoms with Gasteiger partial charge in [0.25, 0.3) is 0 Å². The van der Waals surface area contributed by atoms with Crippen LogP contribution in [0.25, 0.3) is 0 Å². The van der Waals surface area contributed by atoms with Gasteiger partial charge in [0.05, 0.1) is 10.5 Å². The number of hydrogen-bond donors (Lipinski definition) is 1. The summed E-state index contributed by atoms with van der Waals surface area (Å²) < 4.78 is 28.8. The minimum absolute atomic E-state index is 0.0884. The fraction of sp³-hybridized carbons (Fsp3) is 0.375. The fourth-order valence-electron chi connectivity index (χ4n) is 2.89. The monoisotopic (exact) mass is 371 g/mol. The third-order valence-electron chi connectivity index (χ3n) is 3.96. The highest BCUT2D eigenvalue weighted by Gasteiger charge is 2.25. The first-order valence-electron chi connectivity index (χ1n) is 7.04. The van der Waals surface area contributed by atoms with Gasteiger partial charge in [0.1, 0.15) is 11.6 Å². The molecule has 1 atom stereocenters. The molecular weight excluding hydrogens is 356 g/mol. The Morgan fingerprint density at radius 3 is 2.71 bits per heavy atom. The Morgan fingerprint density at radius 1 is 1.24 bits per heavy atom. The van der Waals surface area contributed by atoms with E-state index >= 15 is 0 Å². The molecule has 21 heavy (non-hydrogen) atoms. The summed E-state index contributed by atoms with van der Waals surface area (Å²) in [5.41, 5.74) is 1.43. The van der Waals surface area contributed by atoms with E-state index < -0.39 is 17.7 Å². The number of thiophene rings is 1. The Kier molecular flexibility index (Phi) is 4.43. The molecule has 1 aromatic heterocycles. The van der Waals surface area contributed by atoms with Crippen LogP contribution in [0.5, 0.6) is 0 Å². The lowest BCUT2D eigenvalue weighted by atomic mass is 9.97. The molecule has 1 N–H and O–H groups in total. The first kappa shape index (κ1) is 15.1. The molecule has 0 radical (unpaired) electrons. The van der Waals surface area contributed by atoms with Crippen LogP contribution in [0.15, 0.2) is 22.7 Å². The third kappa shape index (κ3) is 2.79. The van der Waals surface area contributed by atoms with Gasteiger partial charge in [-0.25, -0.2) is 8.78 Å². The average Bonchev–Trinajstić information content (AvgIpc) is 2.91. The van der Waals surface area contributed by atoms with Crippen molar-refractivity contribution in [1.29, 1.82) is 0 Å². The van der Waals surface area contributed by atoms with Gasteiger partial charge in [-0.3, -0.25) is 0 Å². The molecule has 0 saturated heterocycles. The smallest absolute Gasteiger partial charge is 0.145 e. The van der Waals surface area contributed by atoms with Crippen LogP contribution in [0.1, 0.15) is 39.8 Å². The molecule has 1 aliphatic rings. The standard InChI is InChI=1S/C16H16BrF2NS/c1-20-16(14-11(18)7-6-10(17)15(14)19)13-8-9-4-2-3-5-12(9)21-13/h6-8,16,20H,2-5H2,1H3. The average molecular weight is 372 g/mol. The van der Waals surface area contributed by atoms with Gasteiger partial charge in [0.2, 0.25) is 0 Å². The van der Waals surface area contributed by atoms with Crippen LogP contribution in [0.4, 0.5) is 8.78 Å². The van der Waals surface area contributed by atoms with Gasteiger partial charge < -0.3 is 5.32 Å². The molecule has 1 heterocycles. The van der Waals surface area contributed by atoms with E-state index in [1.165, 1.54) is 35.4 Å². The molecule has 0 fully saturated rings. The molecule has 0 saturated carbocycles. The predicted molar refractivity (Wildman–Crippen MR) is 85.9 cm³/mol. The van der Waals surface area contributed by atoms with Crippen LogP contribution in [-0.2, 0) is 12.8 Å². The summed E-state index contributed by atoms with van der Waals surface area (Å²) in [6, 6.07) is 4.37. The van der Waals surface area contributed by atoms with E-state index in [1.54, 1.807) is 18.4 Å². The van der Waals surface area contributed by atoms with Crippen LogP contribution in [0.3, 0.4) is 0 Å². The number of fused-ring (bicyclic) bond motifs is 1. The minimum Gasteiger partial charge on any atom is -0.308 e. The molecule has 0 bridgehead atoms. The summed E-state index contributed by atoms with van der Waals surface area (Å²) in [6.45, 7) is 0. The Morgan fingerprint density at radius 2 is 2.00 bits per heavy atom. The maximum Gasteiger partial charge on any atom is 0.145 e. The van der Waals surface area contributed by atoms with Crippen molar-refractivity contribution in [3.05, 3.63) is 55.2 Å². The fourth-order valence-corrected chi connectivity index (χ4v) is 4.62. The molecule has 1 nitrogen and oxygen atoms in total. The van der Waals surface area contributed by atoms with E-state index in [0.29, 0.717) is 4.47 Å². The molecule has 5 heteroatoms. The number of rotatable bonds is 3. The molecule has 2 aromatic rings. The largest absolute Gasteiger partial charge is 0.308 e. The summed E-state index contributed by atoms with van der Waals surface area (Å²) in [7, 11) is 1.74. The van der Waals surface area contributed by atoms with Crippen LogP contribution < -0.4 is 5.32 Å². The first-order chi connectivity index (χ1) is 10.1. The van der Waals surface area contributed by atoms with E-state index in [-0.39, 0.29) is 5.56 Å². The Hall–Kier alpha value is -0.780. The summed E-state index contributed by atoms with van der Waals surface area (Å²) >= 11 is 4.82. The molecule has 1 unspecified atom stereocenters. The van der Waals surface area contributed by atoms with Gasteiger partial charge >= 0.3 is 0 Å². The lowest BCUT2D eigenvalue weighted by molar-refractivity contribution is 0.521. The third-order valence-corrected chi connectivity index (χ3v) is 5.87. The van der Waals surface area contributed by atoms with Gasteiger partial charge in [0, 0.05) is 15.3 Å². The summed E-state index contributed by atoms with van der Waals surface area (Å²) in [5, 5.41) is 3.06. The maximum absolute atomic E-state index is 14.3. The molecular formula is C16H16BrF2NS. The molecule has 1 aromatic carbocycles. The van der Waals surface area contributed by atoms with Crippen molar-refractivity contribution in [2.45, 2.75) is 31.7 Å². The van der Waals surface area contributed by atoms with Crippen molar-refractivity contribution in [2.24, 2.45) is 0 Å².